The molecule has 160 valence electrons. The molecule has 2 aromatic heterocycles. The summed E-state index contributed by atoms with van der Waals surface area (Å²) in [6.45, 7) is 5.10. The van der Waals surface area contributed by atoms with Crippen LogP contribution in [0.2, 0.25) is 0 Å². The highest BCUT2D eigenvalue weighted by atomic mass is 32.1. The lowest BCUT2D eigenvalue weighted by molar-refractivity contribution is -0.125. The number of carbonyl (C=O) groups excluding carboxylic acids is 2. The third-order valence-corrected chi connectivity index (χ3v) is 6.48. The van der Waals surface area contributed by atoms with Gasteiger partial charge in [0, 0.05) is 37.0 Å². The topological polar surface area (TPSA) is 126 Å². The summed E-state index contributed by atoms with van der Waals surface area (Å²) in [5.74, 6) is 0.310. The average molecular weight is 430 g/mol. The van der Waals surface area contributed by atoms with E-state index in [4.69, 9.17) is 10.7 Å². The minimum atomic E-state index is -0.584. The van der Waals surface area contributed by atoms with Crippen LogP contribution in [0.1, 0.15) is 46.0 Å². The number of hydrogen-bond donors (Lipinski definition) is 3. The second-order valence-electron chi connectivity index (χ2n) is 7.98. The first kappa shape index (κ1) is 20.7. The van der Waals surface area contributed by atoms with Crippen molar-refractivity contribution in [2.24, 2.45) is 11.7 Å². The number of nitrogens with one attached hydrogen (secondary N) is 2. The average Bonchev–Trinajstić information content (AvgIpc) is 3.40. The minimum Gasteiger partial charge on any atom is -0.364 e. The molecule has 10 heteroatoms. The van der Waals surface area contributed by atoms with Gasteiger partial charge in [-0.25, -0.2) is 9.97 Å². The first-order valence-corrected chi connectivity index (χ1v) is 11.1. The fraction of sp³-hybridized carbons (Fsp3) is 0.550. The van der Waals surface area contributed by atoms with Gasteiger partial charge >= 0.3 is 0 Å². The van der Waals surface area contributed by atoms with Crippen LogP contribution in [0, 0.1) is 12.8 Å². The number of primary amides is 1. The van der Waals surface area contributed by atoms with Crippen molar-refractivity contribution >= 4 is 29.2 Å². The van der Waals surface area contributed by atoms with Crippen LogP contribution in [0.4, 0.5) is 5.82 Å². The molecule has 4 rings (SSSR count). The summed E-state index contributed by atoms with van der Waals surface area (Å²) in [7, 11) is 0. The van der Waals surface area contributed by atoms with Gasteiger partial charge in [0.1, 0.15) is 11.5 Å². The summed E-state index contributed by atoms with van der Waals surface area (Å²) >= 11 is 1.39. The number of carbonyl (C=O) groups is 2. The van der Waals surface area contributed by atoms with Crippen LogP contribution < -0.4 is 21.3 Å². The molecule has 0 aromatic carbocycles. The monoisotopic (exact) mass is 429 g/mol. The van der Waals surface area contributed by atoms with E-state index in [9.17, 15) is 9.59 Å². The Balaban J connectivity index is 1.48. The van der Waals surface area contributed by atoms with E-state index in [-0.39, 0.29) is 23.6 Å². The van der Waals surface area contributed by atoms with E-state index in [2.05, 4.69) is 24.9 Å². The smallest absolute Gasteiger partial charge is 0.269 e. The molecule has 2 aromatic rings. The van der Waals surface area contributed by atoms with Gasteiger partial charge in [-0.2, -0.15) is 4.37 Å². The molecule has 2 unspecified atom stereocenters. The second kappa shape index (κ2) is 9.05. The molecule has 2 saturated heterocycles. The Labute approximate surface area is 179 Å². The Kier molecular flexibility index (Phi) is 6.24. The predicted molar refractivity (Wildman–Crippen MR) is 115 cm³/mol. The molecule has 0 radical (unpaired) electrons. The van der Waals surface area contributed by atoms with Gasteiger partial charge in [0.2, 0.25) is 5.91 Å². The fourth-order valence-electron chi connectivity index (χ4n) is 4.06. The molecule has 0 aliphatic carbocycles. The Morgan fingerprint density at radius 2 is 2.27 bits per heavy atom. The molecule has 30 heavy (non-hydrogen) atoms. The zero-order valence-electron chi connectivity index (χ0n) is 17.1. The van der Waals surface area contributed by atoms with Crippen molar-refractivity contribution in [1.82, 2.24) is 25.0 Å². The van der Waals surface area contributed by atoms with E-state index in [1.54, 1.807) is 6.20 Å². The van der Waals surface area contributed by atoms with E-state index >= 15 is 0 Å². The van der Waals surface area contributed by atoms with Crippen LogP contribution in [-0.2, 0) is 11.2 Å². The van der Waals surface area contributed by atoms with Crippen LogP contribution in [-0.4, -0.2) is 58.4 Å². The van der Waals surface area contributed by atoms with Gasteiger partial charge in [0.25, 0.3) is 5.91 Å². The second-order valence-corrected chi connectivity index (χ2v) is 8.87. The first-order chi connectivity index (χ1) is 14.5. The van der Waals surface area contributed by atoms with Gasteiger partial charge in [-0.15, -0.1) is 0 Å². The van der Waals surface area contributed by atoms with E-state index in [1.165, 1.54) is 11.5 Å². The van der Waals surface area contributed by atoms with Gasteiger partial charge in [0.15, 0.2) is 0 Å². The number of nitrogens with zero attached hydrogens (tertiary/aromatic N) is 4. The third-order valence-electron chi connectivity index (χ3n) is 5.61. The molecule has 0 spiro atoms. The van der Waals surface area contributed by atoms with Crippen molar-refractivity contribution in [3.63, 3.8) is 0 Å². The summed E-state index contributed by atoms with van der Waals surface area (Å²) < 4.78 is 4.29. The molecule has 4 N–H and O–H groups in total. The zero-order valence-corrected chi connectivity index (χ0v) is 17.9. The van der Waals surface area contributed by atoms with Crippen molar-refractivity contribution in [3.05, 3.63) is 34.2 Å². The molecular weight excluding hydrogens is 402 g/mol. The molecule has 9 nitrogen and oxygen atoms in total. The Morgan fingerprint density at radius 1 is 1.40 bits per heavy atom. The molecule has 2 aliphatic rings. The SMILES string of the molecule is Cc1cc(Cc2nc(N3CCCC(NC(=O)C4CCNC4)C3)cnc2C(N)=O)sn1. The lowest BCUT2D eigenvalue weighted by Crippen LogP contribution is -2.49. The number of nitrogens with two attached hydrogens (primary N) is 1. The van der Waals surface area contributed by atoms with Crippen LogP contribution >= 0.6 is 11.5 Å². The molecule has 0 bridgehead atoms. The summed E-state index contributed by atoms with van der Waals surface area (Å²) in [4.78, 5) is 36.5. The van der Waals surface area contributed by atoms with E-state index in [0.29, 0.717) is 24.5 Å². The quantitative estimate of drug-likeness (QED) is 0.615. The number of anilines is 1. The Hall–Kier alpha value is -2.59. The highest BCUT2D eigenvalue weighted by Gasteiger charge is 2.28. The van der Waals surface area contributed by atoms with Gasteiger partial charge in [-0.3, -0.25) is 9.59 Å². The fourth-order valence-corrected chi connectivity index (χ4v) is 4.80. The van der Waals surface area contributed by atoms with Crippen molar-refractivity contribution in [2.45, 2.75) is 38.6 Å². The predicted octanol–water partition coefficient (Wildman–Crippen LogP) is 0.626. The maximum Gasteiger partial charge on any atom is 0.269 e. The normalized spacial score (nSPS) is 21.6. The standard InChI is InChI=1S/C20H27N7O2S/c1-12-7-15(30-26-12)8-16-18(19(21)28)23-10-17(25-16)27-6-2-3-14(11-27)24-20(29)13-4-5-22-9-13/h7,10,13-14,22H,2-6,8-9,11H2,1H3,(H2,21,28)(H,24,29). The maximum atomic E-state index is 12.5. The van der Waals surface area contributed by atoms with E-state index < -0.39 is 5.91 Å². The van der Waals surface area contributed by atoms with Crippen molar-refractivity contribution < 1.29 is 9.59 Å². The van der Waals surface area contributed by atoms with Gasteiger partial charge in [-0.05, 0) is 50.3 Å². The molecule has 4 heterocycles. The summed E-state index contributed by atoms with van der Waals surface area (Å²) in [6.07, 6.45) is 4.86. The lowest BCUT2D eigenvalue weighted by Gasteiger charge is -2.34. The largest absolute Gasteiger partial charge is 0.364 e. The minimum absolute atomic E-state index is 0.0597. The molecule has 2 amide bonds. The van der Waals surface area contributed by atoms with Crippen LogP contribution in [0.5, 0.6) is 0 Å². The van der Waals surface area contributed by atoms with E-state index in [0.717, 1.165) is 49.5 Å². The van der Waals surface area contributed by atoms with Crippen molar-refractivity contribution in [3.8, 4) is 0 Å². The van der Waals surface area contributed by atoms with E-state index in [1.807, 2.05) is 13.0 Å². The summed E-state index contributed by atoms with van der Waals surface area (Å²) in [5, 5.41) is 6.43. The highest BCUT2D eigenvalue weighted by molar-refractivity contribution is 7.05. The van der Waals surface area contributed by atoms with Crippen LogP contribution in [0.25, 0.3) is 0 Å². The summed E-state index contributed by atoms with van der Waals surface area (Å²) in [5.41, 5.74) is 7.21. The zero-order chi connectivity index (χ0) is 21.1. The Bertz CT molecular complexity index is 926. The molecule has 0 saturated carbocycles. The number of piperidine rings is 1. The van der Waals surface area contributed by atoms with Crippen LogP contribution in [0.3, 0.4) is 0 Å². The number of amides is 2. The third kappa shape index (κ3) is 4.76. The number of aryl methyl sites for hydroxylation is 1. The first-order valence-electron chi connectivity index (χ1n) is 10.3. The van der Waals surface area contributed by atoms with Gasteiger partial charge in [-0.1, -0.05) is 0 Å². The van der Waals surface area contributed by atoms with Crippen molar-refractivity contribution in [1.29, 1.82) is 0 Å². The molecule has 2 aliphatic heterocycles. The Morgan fingerprint density at radius 3 is 2.97 bits per heavy atom. The molecule has 2 atom stereocenters. The van der Waals surface area contributed by atoms with Gasteiger partial charge < -0.3 is 21.3 Å². The number of aromatic nitrogens is 3. The summed E-state index contributed by atoms with van der Waals surface area (Å²) in [6, 6.07) is 2.06. The van der Waals surface area contributed by atoms with Gasteiger partial charge in [0.05, 0.1) is 23.5 Å². The highest BCUT2D eigenvalue weighted by Crippen LogP contribution is 2.22. The molecular formula is C20H27N7O2S. The maximum absolute atomic E-state index is 12.5. The van der Waals surface area contributed by atoms with Crippen LogP contribution in [0.15, 0.2) is 12.3 Å². The number of hydrogen-bond acceptors (Lipinski definition) is 8. The molecule has 2 fully saturated rings. The van der Waals surface area contributed by atoms with Crippen molar-refractivity contribution in [2.75, 3.05) is 31.1 Å². The number of rotatable bonds is 6. The lowest BCUT2D eigenvalue weighted by atomic mass is 10.0.